The van der Waals surface area contributed by atoms with Gasteiger partial charge in [0.1, 0.15) is 0 Å². The molecule has 4 aliphatic carbocycles. The molecule has 5 rings (SSSR count). The number of carbonyl (C=O) groups is 2. The van der Waals surface area contributed by atoms with Crippen LogP contribution in [0, 0.1) is 23.7 Å². The number of ether oxygens (including phenoxy) is 2. The van der Waals surface area contributed by atoms with E-state index in [-0.39, 0.29) is 18.2 Å². The molecule has 1 aromatic rings. The molecule has 0 spiro atoms. The van der Waals surface area contributed by atoms with Crippen molar-refractivity contribution >= 4 is 17.5 Å². The first kappa shape index (κ1) is 20.7. The van der Waals surface area contributed by atoms with Crippen LogP contribution in [0.2, 0.25) is 0 Å². The summed E-state index contributed by atoms with van der Waals surface area (Å²) in [5.41, 5.74) is 3.50. The molecule has 2 amide bonds. The highest BCUT2D eigenvalue weighted by molar-refractivity contribution is 6.01. The van der Waals surface area contributed by atoms with Crippen molar-refractivity contribution in [2.24, 2.45) is 28.8 Å². The minimum atomic E-state index is -0.364. The van der Waals surface area contributed by atoms with Crippen molar-refractivity contribution in [3.63, 3.8) is 0 Å². The number of carbonyl (C=O) groups excluding carboxylic acids is 2. The van der Waals surface area contributed by atoms with Crippen LogP contribution in [0.15, 0.2) is 23.3 Å². The predicted molar refractivity (Wildman–Crippen MR) is 114 cm³/mol. The van der Waals surface area contributed by atoms with E-state index in [4.69, 9.17) is 9.47 Å². The monoisotopic (exact) mass is 413 g/mol. The van der Waals surface area contributed by atoms with Gasteiger partial charge in [0.15, 0.2) is 11.5 Å². The third-order valence-corrected chi connectivity index (χ3v) is 6.96. The Morgan fingerprint density at radius 3 is 2.23 bits per heavy atom. The third kappa shape index (κ3) is 4.30. The van der Waals surface area contributed by atoms with Crippen LogP contribution in [0.25, 0.3) is 0 Å². The Balaban J connectivity index is 1.30. The van der Waals surface area contributed by atoms with Crippen LogP contribution < -0.4 is 20.2 Å². The minimum Gasteiger partial charge on any atom is -0.493 e. The van der Waals surface area contributed by atoms with Gasteiger partial charge in [-0.3, -0.25) is 9.59 Å². The highest BCUT2D eigenvalue weighted by Gasteiger charge is 2.48. The largest absolute Gasteiger partial charge is 0.493 e. The maximum absolute atomic E-state index is 12.6. The molecule has 7 nitrogen and oxygen atoms in total. The molecule has 4 saturated carbocycles. The van der Waals surface area contributed by atoms with Crippen LogP contribution in [0.4, 0.5) is 0 Å². The van der Waals surface area contributed by atoms with Crippen molar-refractivity contribution in [2.45, 2.75) is 51.5 Å². The first-order chi connectivity index (χ1) is 14.5. The van der Waals surface area contributed by atoms with Gasteiger partial charge in [0.2, 0.25) is 5.91 Å². The fourth-order valence-electron chi connectivity index (χ4n) is 5.86. The molecule has 1 aromatic carbocycles. The predicted octanol–water partition coefficient (Wildman–Crippen LogP) is 3.14. The molecule has 0 heterocycles. The summed E-state index contributed by atoms with van der Waals surface area (Å²) in [4.78, 5) is 25.0. The Morgan fingerprint density at radius 2 is 1.63 bits per heavy atom. The van der Waals surface area contributed by atoms with E-state index in [1.54, 1.807) is 32.2 Å². The van der Waals surface area contributed by atoms with E-state index in [0.717, 1.165) is 11.8 Å². The van der Waals surface area contributed by atoms with Crippen LogP contribution >= 0.6 is 0 Å². The Labute approximate surface area is 177 Å². The number of rotatable bonds is 7. The number of hydrogen-bond donors (Lipinski definition) is 2. The smallest absolute Gasteiger partial charge is 0.271 e. The number of methoxy groups -OCH3 is 2. The van der Waals surface area contributed by atoms with Gasteiger partial charge >= 0.3 is 0 Å². The van der Waals surface area contributed by atoms with E-state index in [2.05, 4.69) is 15.8 Å². The fraction of sp³-hybridized carbons (Fsp3) is 0.609. The lowest BCUT2D eigenvalue weighted by Gasteiger charge is -2.54. The van der Waals surface area contributed by atoms with Crippen molar-refractivity contribution in [2.75, 3.05) is 14.2 Å². The van der Waals surface area contributed by atoms with E-state index >= 15 is 0 Å². The van der Waals surface area contributed by atoms with E-state index in [1.165, 1.54) is 39.2 Å². The normalized spacial score (nSPS) is 29.4. The topological polar surface area (TPSA) is 89.0 Å². The number of nitrogens with one attached hydrogen (secondary N) is 2. The van der Waals surface area contributed by atoms with Crippen LogP contribution in [0.3, 0.4) is 0 Å². The van der Waals surface area contributed by atoms with Gasteiger partial charge in [-0.05, 0) is 80.9 Å². The molecule has 30 heavy (non-hydrogen) atoms. The van der Waals surface area contributed by atoms with Gasteiger partial charge in [-0.1, -0.05) is 0 Å². The molecule has 4 fully saturated rings. The van der Waals surface area contributed by atoms with Crippen LogP contribution in [-0.2, 0) is 4.79 Å². The van der Waals surface area contributed by atoms with Gasteiger partial charge in [0.05, 0.1) is 20.6 Å². The molecular formula is C23H31N3O4. The zero-order chi connectivity index (χ0) is 21.3. The van der Waals surface area contributed by atoms with Gasteiger partial charge in [-0.25, -0.2) is 5.43 Å². The molecule has 162 valence electrons. The lowest BCUT2D eigenvalue weighted by molar-refractivity contribution is -0.123. The number of hydrogen-bond acceptors (Lipinski definition) is 5. The first-order valence-corrected chi connectivity index (χ1v) is 10.8. The average Bonchev–Trinajstić information content (AvgIpc) is 2.73. The van der Waals surface area contributed by atoms with Crippen LogP contribution in [0.5, 0.6) is 11.5 Å². The van der Waals surface area contributed by atoms with E-state index in [0.29, 0.717) is 40.7 Å². The lowest BCUT2D eigenvalue weighted by Crippen LogP contribution is -2.56. The number of amides is 2. The second kappa shape index (κ2) is 8.66. The van der Waals surface area contributed by atoms with Crippen LogP contribution in [0.1, 0.15) is 55.8 Å². The van der Waals surface area contributed by atoms with Crippen molar-refractivity contribution < 1.29 is 19.1 Å². The number of nitrogens with zero attached hydrogens (tertiary/aromatic N) is 1. The minimum absolute atomic E-state index is 0.00547. The standard InChI is InChI=1S/C23H31N3O4/c1-13(25-26-23(28)16-4-5-19(29-2)20(12-16)30-3)6-21(27)24-22-17-8-14-7-15(10-17)11-18(22)9-14/h4-5,12,14-15,17-18,22H,6-11H2,1-3H3,(H,24,27)(H,26,28)/b25-13+. The second-order valence-electron chi connectivity index (χ2n) is 9.06. The van der Waals surface area contributed by atoms with Crippen molar-refractivity contribution in [1.82, 2.24) is 10.7 Å². The summed E-state index contributed by atoms with van der Waals surface area (Å²) in [7, 11) is 3.06. The highest BCUT2D eigenvalue weighted by atomic mass is 16.5. The van der Waals surface area contributed by atoms with Crippen molar-refractivity contribution in [1.29, 1.82) is 0 Å². The molecule has 2 N–H and O–H groups in total. The molecule has 0 unspecified atom stereocenters. The maximum atomic E-state index is 12.6. The fourth-order valence-corrected chi connectivity index (χ4v) is 5.86. The van der Waals surface area contributed by atoms with Crippen molar-refractivity contribution in [3.8, 4) is 11.5 Å². The molecule has 0 atom stereocenters. The van der Waals surface area contributed by atoms with Gasteiger partial charge in [-0.2, -0.15) is 5.10 Å². The first-order valence-electron chi connectivity index (χ1n) is 10.8. The number of benzene rings is 1. The summed E-state index contributed by atoms with van der Waals surface area (Å²) in [5.74, 6) is 3.72. The summed E-state index contributed by atoms with van der Waals surface area (Å²) < 4.78 is 10.4. The maximum Gasteiger partial charge on any atom is 0.271 e. The van der Waals surface area contributed by atoms with E-state index in [1.807, 2.05) is 0 Å². The third-order valence-electron chi connectivity index (χ3n) is 6.96. The Bertz CT molecular complexity index is 823. The van der Waals surface area contributed by atoms with Crippen LogP contribution in [-0.4, -0.2) is 37.8 Å². The Kier molecular flexibility index (Phi) is 5.97. The summed E-state index contributed by atoms with van der Waals surface area (Å²) in [6.45, 7) is 1.76. The molecule has 0 saturated heterocycles. The summed E-state index contributed by atoms with van der Waals surface area (Å²) in [5, 5.41) is 7.38. The Morgan fingerprint density at radius 1 is 1.00 bits per heavy atom. The molecule has 0 aromatic heterocycles. The SMILES string of the molecule is COc1ccc(C(=O)N/N=C(\C)CC(=O)NC2C3CC4CC(C3)CC2C4)cc1OC. The molecule has 0 radical (unpaired) electrons. The molecule has 7 heteroatoms. The quantitative estimate of drug-likeness (QED) is 0.531. The van der Waals surface area contributed by atoms with Crippen molar-refractivity contribution in [3.05, 3.63) is 23.8 Å². The summed E-state index contributed by atoms with van der Waals surface area (Å²) >= 11 is 0. The molecule has 0 aliphatic heterocycles. The van der Waals surface area contributed by atoms with Gasteiger partial charge in [-0.15, -0.1) is 0 Å². The second-order valence-corrected chi connectivity index (χ2v) is 9.06. The molecule has 4 aliphatic rings. The molecule has 4 bridgehead atoms. The zero-order valence-corrected chi connectivity index (χ0v) is 17.9. The van der Waals surface area contributed by atoms with E-state index in [9.17, 15) is 9.59 Å². The average molecular weight is 414 g/mol. The number of hydrazone groups is 1. The summed E-state index contributed by atoms with van der Waals surface area (Å²) in [6.07, 6.45) is 6.67. The Hall–Kier alpha value is -2.57. The summed E-state index contributed by atoms with van der Waals surface area (Å²) in [6, 6.07) is 5.22. The van der Waals surface area contributed by atoms with E-state index < -0.39 is 0 Å². The zero-order valence-electron chi connectivity index (χ0n) is 17.9. The van der Waals surface area contributed by atoms with Gasteiger partial charge in [0, 0.05) is 17.3 Å². The molecular weight excluding hydrogens is 382 g/mol. The van der Waals surface area contributed by atoms with Gasteiger partial charge < -0.3 is 14.8 Å². The highest BCUT2D eigenvalue weighted by Crippen LogP contribution is 2.53. The lowest BCUT2D eigenvalue weighted by atomic mass is 9.54. The van der Waals surface area contributed by atoms with Gasteiger partial charge in [0.25, 0.3) is 5.91 Å².